The van der Waals surface area contributed by atoms with Crippen LogP contribution in [0, 0.1) is 23.6 Å². The smallest absolute Gasteiger partial charge is 0.405 e. The Kier molecular flexibility index (Phi) is 9.59. The summed E-state index contributed by atoms with van der Waals surface area (Å²) >= 11 is 0. The van der Waals surface area contributed by atoms with Crippen LogP contribution in [0.1, 0.15) is 61.5 Å². The minimum Gasteiger partial charge on any atom is -0.405 e. The highest BCUT2D eigenvalue weighted by Crippen LogP contribution is 2.51. The maximum absolute atomic E-state index is 15.3. The summed E-state index contributed by atoms with van der Waals surface area (Å²) in [6, 6.07) is 1.42. The molecule has 0 spiro atoms. The number of hydrogen-bond acceptors (Lipinski definition) is 6. The molecule has 0 radical (unpaired) electrons. The van der Waals surface area contributed by atoms with Crippen molar-refractivity contribution in [3.05, 3.63) is 41.5 Å². The molecule has 3 atom stereocenters. The second kappa shape index (κ2) is 12.7. The fourth-order valence-corrected chi connectivity index (χ4v) is 5.23. The average molecular weight is 624 g/mol. The molecule has 0 saturated heterocycles. The Bertz CT molecular complexity index is 1300. The molecule has 1 heterocycles. The van der Waals surface area contributed by atoms with E-state index in [1.54, 1.807) is 12.2 Å². The summed E-state index contributed by atoms with van der Waals surface area (Å²) in [7, 11) is 0. The van der Waals surface area contributed by atoms with E-state index in [-0.39, 0.29) is 23.4 Å². The molecule has 43 heavy (non-hydrogen) atoms. The number of aliphatic hydroxyl groups excluding tert-OH is 1. The largest absolute Gasteiger partial charge is 0.573 e. The van der Waals surface area contributed by atoms with Crippen molar-refractivity contribution < 1.29 is 50.2 Å². The molecule has 2 aliphatic carbocycles. The number of halogens is 7. The Labute approximate surface area is 242 Å². The molecule has 1 aromatic heterocycles. The minimum atomic E-state index is -5.29. The molecule has 9 nitrogen and oxygen atoms in total. The number of aryl methyl sites for hydroxylation is 1. The van der Waals surface area contributed by atoms with Crippen molar-refractivity contribution in [1.29, 1.82) is 0 Å². The van der Waals surface area contributed by atoms with Crippen LogP contribution in [0.2, 0.25) is 0 Å². The van der Waals surface area contributed by atoms with E-state index in [9.17, 15) is 41.0 Å². The number of alkyl halides is 6. The normalized spacial score (nSPS) is 17.8. The predicted molar refractivity (Wildman–Crippen MR) is 138 cm³/mol. The Balaban J connectivity index is 1.62. The standard InChI is InChI=1S/C27H32F7N5O4/c1-3-39-19(8-9-36-39)24(41)38-22(21(14-4-5-14)15-6-7-15)25(42)37-18-11-20(43-27(32,33)34)16(10-17(18)28)13(2)23(40)35-12-26(29,30)31/h8-11,13-15,21-23,35,40H,3-7,12H2,1-2H3,(H,37,42)(H,38,41)/t13?,22-,23?/m0/s1. The summed E-state index contributed by atoms with van der Waals surface area (Å²) in [5, 5.41) is 20.9. The number of nitrogens with one attached hydrogen (secondary N) is 3. The van der Waals surface area contributed by atoms with Crippen LogP contribution < -0.4 is 20.7 Å². The molecule has 4 N–H and O–H groups in total. The van der Waals surface area contributed by atoms with E-state index < -0.39 is 71.9 Å². The molecule has 0 bridgehead atoms. The van der Waals surface area contributed by atoms with Crippen LogP contribution in [0.3, 0.4) is 0 Å². The molecule has 2 amide bonds. The van der Waals surface area contributed by atoms with Gasteiger partial charge in [-0.15, -0.1) is 13.2 Å². The third kappa shape index (κ3) is 8.59. The number of aliphatic hydroxyl groups is 1. The number of benzene rings is 1. The first-order valence-corrected chi connectivity index (χ1v) is 13.8. The first-order chi connectivity index (χ1) is 20.1. The number of amides is 2. The van der Waals surface area contributed by atoms with Gasteiger partial charge in [-0.3, -0.25) is 19.6 Å². The maximum Gasteiger partial charge on any atom is 0.573 e. The van der Waals surface area contributed by atoms with Crippen molar-refractivity contribution in [2.45, 2.75) is 76.8 Å². The van der Waals surface area contributed by atoms with Crippen LogP contribution in [-0.2, 0) is 11.3 Å². The number of anilines is 1. The SMILES string of the molecule is CCn1nccc1C(=O)N[C@H](C(=O)Nc1cc(OC(F)(F)F)c(C(C)C(O)NCC(F)(F)F)cc1F)C(C1CC1)C1CC1. The molecule has 2 aliphatic rings. The molecule has 4 rings (SSSR count). The van der Waals surface area contributed by atoms with Gasteiger partial charge in [-0.25, -0.2) is 4.39 Å². The average Bonchev–Trinajstić information content (AvgIpc) is 3.86. The van der Waals surface area contributed by atoms with E-state index in [2.05, 4.69) is 20.5 Å². The van der Waals surface area contributed by atoms with Crippen LogP contribution in [-0.4, -0.2) is 58.1 Å². The molecule has 238 valence electrons. The Morgan fingerprint density at radius 2 is 1.74 bits per heavy atom. The lowest BCUT2D eigenvalue weighted by molar-refractivity contribution is -0.275. The summed E-state index contributed by atoms with van der Waals surface area (Å²) in [5.41, 5.74) is -1.11. The number of carbonyl (C=O) groups excluding carboxylic acids is 2. The van der Waals surface area contributed by atoms with Crippen molar-refractivity contribution in [2.24, 2.45) is 17.8 Å². The molecule has 2 unspecified atom stereocenters. The molecule has 2 aromatic rings. The van der Waals surface area contributed by atoms with Crippen LogP contribution in [0.5, 0.6) is 5.75 Å². The number of hydrogen-bond donors (Lipinski definition) is 4. The minimum absolute atomic E-state index is 0.127. The van der Waals surface area contributed by atoms with Gasteiger partial charge in [0.2, 0.25) is 5.91 Å². The number of ether oxygens (including phenoxy) is 1. The number of nitrogens with zero attached hydrogens (tertiary/aromatic N) is 2. The summed E-state index contributed by atoms with van der Waals surface area (Å²) in [6.45, 7) is 1.57. The summed E-state index contributed by atoms with van der Waals surface area (Å²) < 4.78 is 98.2. The van der Waals surface area contributed by atoms with Gasteiger partial charge < -0.3 is 20.5 Å². The van der Waals surface area contributed by atoms with Crippen molar-refractivity contribution >= 4 is 17.5 Å². The van der Waals surface area contributed by atoms with Gasteiger partial charge in [0.15, 0.2) is 0 Å². The van der Waals surface area contributed by atoms with Crippen molar-refractivity contribution in [1.82, 2.24) is 20.4 Å². The van der Waals surface area contributed by atoms with E-state index in [0.717, 1.165) is 32.6 Å². The summed E-state index contributed by atoms with van der Waals surface area (Å²) in [5.74, 6) is -5.24. The molecule has 0 aliphatic heterocycles. The van der Waals surface area contributed by atoms with Crippen molar-refractivity contribution in [3.63, 3.8) is 0 Å². The molecular formula is C27H32F7N5O4. The lowest BCUT2D eigenvalue weighted by atomic mass is 9.88. The van der Waals surface area contributed by atoms with Crippen molar-refractivity contribution in [2.75, 3.05) is 11.9 Å². The van der Waals surface area contributed by atoms with E-state index in [1.807, 2.05) is 0 Å². The molecule has 16 heteroatoms. The van der Waals surface area contributed by atoms with Gasteiger partial charge in [-0.1, -0.05) is 6.92 Å². The monoisotopic (exact) mass is 623 g/mol. The van der Waals surface area contributed by atoms with E-state index in [0.29, 0.717) is 18.7 Å². The summed E-state index contributed by atoms with van der Waals surface area (Å²) in [6.07, 6.45) is -7.34. The maximum atomic E-state index is 15.3. The highest BCUT2D eigenvalue weighted by molar-refractivity contribution is 6.01. The first kappa shape index (κ1) is 32.5. The molecule has 2 fully saturated rings. The Hall–Kier alpha value is -3.40. The van der Waals surface area contributed by atoms with Gasteiger partial charge in [0.25, 0.3) is 5.91 Å². The van der Waals surface area contributed by atoms with Gasteiger partial charge in [0.1, 0.15) is 29.5 Å². The van der Waals surface area contributed by atoms with E-state index in [4.69, 9.17) is 0 Å². The van der Waals surface area contributed by atoms with Crippen LogP contribution in [0.15, 0.2) is 24.4 Å². The van der Waals surface area contributed by atoms with Crippen LogP contribution in [0.25, 0.3) is 0 Å². The number of carbonyl (C=O) groups is 2. The van der Waals surface area contributed by atoms with Gasteiger partial charge in [-0.05, 0) is 62.5 Å². The van der Waals surface area contributed by atoms with Crippen molar-refractivity contribution in [3.8, 4) is 5.75 Å². The lowest BCUT2D eigenvalue weighted by Crippen LogP contribution is -2.50. The Morgan fingerprint density at radius 1 is 1.12 bits per heavy atom. The molecular weight excluding hydrogens is 591 g/mol. The highest BCUT2D eigenvalue weighted by atomic mass is 19.4. The first-order valence-electron chi connectivity index (χ1n) is 13.8. The van der Waals surface area contributed by atoms with Gasteiger partial charge in [0.05, 0.1) is 12.2 Å². The zero-order valence-electron chi connectivity index (χ0n) is 23.2. The predicted octanol–water partition coefficient (Wildman–Crippen LogP) is 4.69. The van der Waals surface area contributed by atoms with E-state index in [1.165, 1.54) is 16.9 Å². The van der Waals surface area contributed by atoms with Gasteiger partial charge in [-0.2, -0.15) is 18.3 Å². The second-order valence-corrected chi connectivity index (χ2v) is 10.9. The third-order valence-electron chi connectivity index (χ3n) is 7.59. The second-order valence-electron chi connectivity index (χ2n) is 10.9. The fraction of sp³-hybridized carbons (Fsp3) is 0.593. The lowest BCUT2D eigenvalue weighted by Gasteiger charge is -2.28. The quantitative estimate of drug-likeness (QED) is 0.190. The zero-order chi connectivity index (χ0) is 31.7. The van der Waals surface area contributed by atoms with Gasteiger partial charge in [0, 0.05) is 30.3 Å². The third-order valence-corrected chi connectivity index (χ3v) is 7.59. The summed E-state index contributed by atoms with van der Waals surface area (Å²) in [4.78, 5) is 26.7. The molecule has 2 saturated carbocycles. The fourth-order valence-electron chi connectivity index (χ4n) is 5.23. The Morgan fingerprint density at radius 3 is 2.28 bits per heavy atom. The zero-order valence-corrected chi connectivity index (χ0v) is 23.2. The topological polar surface area (TPSA) is 118 Å². The number of rotatable bonds is 13. The highest BCUT2D eigenvalue weighted by Gasteiger charge is 2.48. The molecule has 1 aromatic carbocycles. The van der Waals surface area contributed by atoms with Crippen LogP contribution >= 0.6 is 0 Å². The van der Waals surface area contributed by atoms with E-state index >= 15 is 4.39 Å². The van der Waals surface area contributed by atoms with Crippen LogP contribution in [0.4, 0.5) is 36.4 Å². The number of aromatic nitrogens is 2. The van der Waals surface area contributed by atoms with Gasteiger partial charge >= 0.3 is 12.5 Å².